The fourth-order valence-electron chi connectivity index (χ4n) is 2.83. The molecule has 0 saturated carbocycles. The van der Waals surface area contributed by atoms with E-state index in [2.05, 4.69) is 6.58 Å². The number of halogens is 1. The van der Waals surface area contributed by atoms with Crippen molar-refractivity contribution in [1.29, 1.82) is 0 Å². The van der Waals surface area contributed by atoms with Crippen LogP contribution in [0, 0.1) is 5.82 Å². The van der Waals surface area contributed by atoms with E-state index in [0.717, 1.165) is 5.56 Å². The van der Waals surface area contributed by atoms with Gasteiger partial charge in [-0.1, -0.05) is 24.3 Å². The van der Waals surface area contributed by atoms with Crippen molar-refractivity contribution in [3.63, 3.8) is 0 Å². The van der Waals surface area contributed by atoms with Gasteiger partial charge in [-0.25, -0.2) is 4.39 Å². The molecule has 0 saturated heterocycles. The Balaban J connectivity index is 1.77. The number of carbonyl (C=O) groups excluding carboxylic acids is 2. The zero-order valence-corrected chi connectivity index (χ0v) is 16.6. The van der Waals surface area contributed by atoms with Crippen LogP contribution in [0.15, 0.2) is 77.2 Å². The Bertz CT molecular complexity index is 937. The standard InChI is InChI=1S/C22H21FN2O3S/c1-2-11-24(22(27)20-6-4-13-29-20)16-21(26)25(15-19-5-3-12-28-19)14-17-7-9-18(23)10-8-17/h2-10,12-13H,1,11,14-16H2. The second-order valence-electron chi connectivity index (χ2n) is 6.41. The largest absolute Gasteiger partial charge is 0.467 e. The minimum Gasteiger partial charge on any atom is -0.467 e. The molecule has 5 nitrogen and oxygen atoms in total. The van der Waals surface area contributed by atoms with E-state index >= 15 is 0 Å². The van der Waals surface area contributed by atoms with Crippen molar-refractivity contribution in [2.75, 3.05) is 13.1 Å². The molecule has 7 heteroatoms. The van der Waals surface area contributed by atoms with Gasteiger partial charge in [-0.05, 0) is 41.3 Å². The Kier molecular flexibility index (Phi) is 6.97. The highest BCUT2D eigenvalue weighted by atomic mass is 32.1. The lowest BCUT2D eigenvalue weighted by molar-refractivity contribution is -0.133. The monoisotopic (exact) mass is 412 g/mol. The normalized spacial score (nSPS) is 10.5. The summed E-state index contributed by atoms with van der Waals surface area (Å²) in [5.41, 5.74) is 0.783. The molecule has 2 heterocycles. The molecule has 1 aromatic carbocycles. The van der Waals surface area contributed by atoms with E-state index in [-0.39, 0.29) is 43.8 Å². The van der Waals surface area contributed by atoms with Crippen LogP contribution < -0.4 is 0 Å². The molecule has 0 bridgehead atoms. The molecule has 2 aromatic heterocycles. The first-order valence-corrected chi connectivity index (χ1v) is 9.93. The van der Waals surface area contributed by atoms with E-state index in [1.165, 1.54) is 28.4 Å². The average molecular weight is 412 g/mol. The molecule has 0 fully saturated rings. The number of furan rings is 1. The van der Waals surface area contributed by atoms with E-state index < -0.39 is 0 Å². The Morgan fingerprint density at radius 2 is 1.86 bits per heavy atom. The molecule has 0 unspecified atom stereocenters. The summed E-state index contributed by atoms with van der Waals surface area (Å²) >= 11 is 1.33. The predicted molar refractivity (Wildman–Crippen MR) is 110 cm³/mol. The van der Waals surface area contributed by atoms with Gasteiger partial charge in [0, 0.05) is 13.1 Å². The SMILES string of the molecule is C=CCN(CC(=O)N(Cc1ccc(F)cc1)Cc1ccco1)C(=O)c1cccs1. The van der Waals surface area contributed by atoms with Gasteiger partial charge in [-0.3, -0.25) is 9.59 Å². The van der Waals surface area contributed by atoms with Crippen LogP contribution in [-0.2, 0) is 17.9 Å². The molecule has 3 rings (SSSR count). The van der Waals surface area contributed by atoms with Gasteiger partial charge in [0.2, 0.25) is 5.91 Å². The van der Waals surface area contributed by atoms with Crippen LogP contribution in [0.4, 0.5) is 4.39 Å². The molecular formula is C22H21FN2O3S. The minimum absolute atomic E-state index is 0.0926. The van der Waals surface area contributed by atoms with E-state index in [1.54, 1.807) is 53.6 Å². The number of hydrogen-bond acceptors (Lipinski definition) is 4. The second-order valence-corrected chi connectivity index (χ2v) is 7.35. The molecule has 3 aromatic rings. The van der Waals surface area contributed by atoms with Gasteiger partial charge in [0.15, 0.2) is 0 Å². The Hall–Kier alpha value is -3.19. The van der Waals surface area contributed by atoms with Gasteiger partial charge in [0.1, 0.15) is 18.1 Å². The molecule has 0 N–H and O–H groups in total. The summed E-state index contributed by atoms with van der Waals surface area (Å²) in [5.74, 6) is -0.165. The van der Waals surface area contributed by atoms with Crippen LogP contribution in [0.5, 0.6) is 0 Å². The molecule has 150 valence electrons. The maximum Gasteiger partial charge on any atom is 0.264 e. The van der Waals surface area contributed by atoms with Crippen molar-refractivity contribution in [1.82, 2.24) is 9.80 Å². The zero-order chi connectivity index (χ0) is 20.6. The highest BCUT2D eigenvalue weighted by Crippen LogP contribution is 2.15. The van der Waals surface area contributed by atoms with Crippen molar-refractivity contribution in [2.24, 2.45) is 0 Å². The smallest absolute Gasteiger partial charge is 0.264 e. The quantitative estimate of drug-likeness (QED) is 0.492. The summed E-state index contributed by atoms with van der Waals surface area (Å²) in [6, 6.07) is 13.0. The summed E-state index contributed by atoms with van der Waals surface area (Å²) < 4.78 is 18.6. The Labute approximate surface area is 172 Å². The molecule has 0 aliphatic rings. The van der Waals surface area contributed by atoms with E-state index in [4.69, 9.17) is 4.42 Å². The number of thiophene rings is 1. The van der Waals surface area contributed by atoms with Crippen LogP contribution in [0.25, 0.3) is 0 Å². The van der Waals surface area contributed by atoms with Gasteiger partial charge < -0.3 is 14.2 Å². The fraction of sp³-hybridized carbons (Fsp3) is 0.182. The lowest BCUT2D eigenvalue weighted by Crippen LogP contribution is -2.42. The first-order chi connectivity index (χ1) is 14.1. The number of amides is 2. The topological polar surface area (TPSA) is 53.8 Å². The van der Waals surface area contributed by atoms with E-state index in [0.29, 0.717) is 10.6 Å². The third-order valence-corrected chi connectivity index (χ3v) is 5.12. The molecule has 0 radical (unpaired) electrons. The summed E-state index contributed by atoms with van der Waals surface area (Å²) in [5, 5.41) is 1.82. The summed E-state index contributed by atoms with van der Waals surface area (Å²) in [7, 11) is 0. The van der Waals surface area contributed by atoms with Gasteiger partial charge in [0.25, 0.3) is 5.91 Å². The molecule has 29 heavy (non-hydrogen) atoms. The molecule has 0 atom stereocenters. The fourth-order valence-corrected chi connectivity index (χ4v) is 3.52. The van der Waals surface area contributed by atoms with Gasteiger partial charge in [-0.2, -0.15) is 0 Å². The summed E-state index contributed by atoms with van der Waals surface area (Å²) in [6.07, 6.45) is 3.13. The van der Waals surface area contributed by atoms with Crippen LogP contribution in [-0.4, -0.2) is 34.7 Å². The maximum atomic E-state index is 13.2. The van der Waals surface area contributed by atoms with Crippen LogP contribution in [0.3, 0.4) is 0 Å². The molecule has 0 aliphatic heterocycles. The number of rotatable bonds is 9. The highest BCUT2D eigenvalue weighted by molar-refractivity contribution is 7.12. The van der Waals surface area contributed by atoms with Gasteiger partial charge in [0.05, 0.1) is 17.7 Å². The molecule has 0 spiro atoms. The van der Waals surface area contributed by atoms with Gasteiger partial charge >= 0.3 is 0 Å². The summed E-state index contributed by atoms with van der Waals surface area (Å²) in [6.45, 7) is 4.37. The number of benzene rings is 1. The van der Waals surface area contributed by atoms with Crippen molar-refractivity contribution >= 4 is 23.2 Å². The van der Waals surface area contributed by atoms with Crippen LogP contribution >= 0.6 is 11.3 Å². The summed E-state index contributed by atoms with van der Waals surface area (Å²) in [4.78, 5) is 29.4. The van der Waals surface area contributed by atoms with Crippen molar-refractivity contribution < 1.29 is 18.4 Å². The lowest BCUT2D eigenvalue weighted by Gasteiger charge is -2.26. The molecular weight excluding hydrogens is 391 g/mol. The first-order valence-electron chi connectivity index (χ1n) is 9.05. The minimum atomic E-state index is -0.337. The first kappa shape index (κ1) is 20.5. The third-order valence-electron chi connectivity index (χ3n) is 4.26. The Morgan fingerprint density at radius 3 is 2.48 bits per heavy atom. The number of hydrogen-bond donors (Lipinski definition) is 0. The van der Waals surface area contributed by atoms with E-state index in [1.807, 2.05) is 5.38 Å². The number of nitrogens with zero attached hydrogens (tertiary/aromatic N) is 2. The predicted octanol–water partition coefficient (Wildman–Crippen LogP) is 4.34. The Morgan fingerprint density at radius 1 is 1.07 bits per heavy atom. The van der Waals surface area contributed by atoms with Crippen molar-refractivity contribution in [3.05, 3.63) is 94.8 Å². The highest BCUT2D eigenvalue weighted by Gasteiger charge is 2.23. The average Bonchev–Trinajstić information content (AvgIpc) is 3.42. The maximum absolute atomic E-state index is 13.2. The molecule has 2 amide bonds. The van der Waals surface area contributed by atoms with Crippen LogP contribution in [0.2, 0.25) is 0 Å². The van der Waals surface area contributed by atoms with E-state index in [9.17, 15) is 14.0 Å². The van der Waals surface area contributed by atoms with Crippen LogP contribution in [0.1, 0.15) is 21.0 Å². The van der Waals surface area contributed by atoms with Crippen molar-refractivity contribution in [2.45, 2.75) is 13.1 Å². The number of carbonyl (C=O) groups is 2. The zero-order valence-electron chi connectivity index (χ0n) is 15.8. The van der Waals surface area contributed by atoms with Crippen molar-refractivity contribution in [3.8, 4) is 0 Å². The molecule has 0 aliphatic carbocycles. The lowest BCUT2D eigenvalue weighted by atomic mass is 10.2. The van der Waals surface area contributed by atoms with Gasteiger partial charge in [-0.15, -0.1) is 17.9 Å². The second kappa shape index (κ2) is 9.84. The third kappa shape index (κ3) is 5.65.